The number of hydrogen-bond donors (Lipinski definition) is 2. The average Bonchev–Trinajstić information content (AvgIpc) is 2.79. The molecule has 2 atom stereocenters. The first kappa shape index (κ1) is 21.0. The van der Waals surface area contributed by atoms with Gasteiger partial charge in [-0.2, -0.15) is 0 Å². The Bertz CT molecular complexity index is 759. The third-order valence-electron chi connectivity index (χ3n) is 7.23. The molecule has 6 heteroatoms. The second-order valence-electron chi connectivity index (χ2n) is 9.03. The number of barbiturate groups is 1. The summed E-state index contributed by atoms with van der Waals surface area (Å²) in [5.41, 5.74) is -0.851. The Morgan fingerprint density at radius 2 is 1.30 bits per heavy atom. The Labute approximate surface area is 178 Å². The lowest BCUT2D eigenvalue weighted by Gasteiger charge is -2.50. The van der Waals surface area contributed by atoms with Crippen molar-refractivity contribution in [3.63, 3.8) is 0 Å². The topological polar surface area (TPSA) is 78.5 Å². The number of carbonyl (C=O) groups is 3. The number of benzene rings is 1. The molecule has 2 N–H and O–H groups in total. The van der Waals surface area contributed by atoms with Gasteiger partial charge in [0, 0.05) is 12.6 Å². The maximum absolute atomic E-state index is 13.5. The van der Waals surface area contributed by atoms with Crippen molar-refractivity contribution in [2.75, 3.05) is 6.54 Å². The lowest BCUT2D eigenvalue weighted by Crippen LogP contribution is -2.73. The molecule has 162 valence electrons. The Kier molecular flexibility index (Phi) is 6.52. The molecule has 30 heavy (non-hydrogen) atoms. The number of carbonyl (C=O) groups excluding carboxylic acids is 3. The van der Waals surface area contributed by atoms with Crippen LogP contribution in [0.3, 0.4) is 0 Å². The molecular formula is C24H33N3O3. The minimum Gasteiger partial charge on any atom is -0.275 e. The summed E-state index contributed by atoms with van der Waals surface area (Å²) in [5, 5.41) is 4.83. The summed E-state index contributed by atoms with van der Waals surface area (Å²) in [6.45, 7) is 0.686. The van der Waals surface area contributed by atoms with Crippen LogP contribution in [0.5, 0.6) is 0 Å². The lowest BCUT2D eigenvalue weighted by atomic mass is 9.75. The maximum Gasteiger partial charge on any atom is 0.328 e. The Morgan fingerprint density at radius 3 is 2.00 bits per heavy atom. The first-order chi connectivity index (χ1) is 14.6. The molecule has 1 aliphatic carbocycles. The summed E-state index contributed by atoms with van der Waals surface area (Å²) in [6.07, 6.45) is 12.6. The van der Waals surface area contributed by atoms with E-state index < -0.39 is 23.4 Å². The van der Waals surface area contributed by atoms with Crippen molar-refractivity contribution in [3.05, 3.63) is 35.9 Å². The van der Waals surface area contributed by atoms with Crippen molar-refractivity contribution in [1.29, 1.82) is 0 Å². The minimum atomic E-state index is -1.50. The first-order valence-electron chi connectivity index (χ1n) is 11.6. The zero-order chi connectivity index (χ0) is 21.0. The number of imide groups is 2. The van der Waals surface area contributed by atoms with Crippen LogP contribution in [0.25, 0.3) is 0 Å². The summed E-state index contributed by atoms with van der Waals surface area (Å²) in [7, 11) is 0. The second-order valence-corrected chi connectivity index (χ2v) is 9.03. The lowest BCUT2D eigenvalue weighted by molar-refractivity contribution is -0.153. The van der Waals surface area contributed by atoms with Crippen molar-refractivity contribution in [1.82, 2.24) is 15.5 Å². The van der Waals surface area contributed by atoms with E-state index in [-0.39, 0.29) is 6.04 Å². The Morgan fingerprint density at radius 1 is 0.733 bits per heavy atom. The first-order valence-corrected chi connectivity index (χ1v) is 11.6. The molecule has 0 radical (unpaired) electrons. The number of amides is 4. The van der Waals surface area contributed by atoms with E-state index in [0.29, 0.717) is 18.0 Å². The fourth-order valence-electron chi connectivity index (χ4n) is 5.80. The molecule has 4 rings (SSSR count). The highest BCUT2D eigenvalue weighted by molar-refractivity contribution is 6.22. The molecule has 1 aromatic carbocycles. The molecule has 2 unspecified atom stereocenters. The number of rotatable bonds is 2. The van der Waals surface area contributed by atoms with E-state index >= 15 is 0 Å². The van der Waals surface area contributed by atoms with Crippen molar-refractivity contribution < 1.29 is 14.4 Å². The normalized spacial score (nSPS) is 28.6. The SMILES string of the molecule is O=C1NC(=O)C(c2ccccc2)(N2CCCCCCCCC3CCCCC32)C(=O)N1. The maximum atomic E-state index is 13.5. The van der Waals surface area contributed by atoms with Gasteiger partial charge in [0.05, 0.1) is 0 Å². The fraction of sp³-hybridized carbons (Fsp3) is 0.625. The smallest absolute Gasteiger partial charge is 0.275 e. The number of nitrogens with zero attached hydrogens (tertiary/aromatic N) is 1. The summed E-state index contributed by atoms with van der Waals surface area (Å²) in [4.78, 5) is 41.1. The summed E-state index contributed by atoms with van der Waals surface area (Å²) in [5.74, 6) is -0.543. The van der Waals surface area contributed by atoms with Gasteiger partial charge in [0.2, 0.25) is 5.54 Å². The van der Waals surface area contributed by atoms with Gasteiger partial charge in [-0.3, -0.25) is 25.1 Å². The average molecular weight is 412 g/mol. The van der Waals surface area contributed by atoms with Crippen LogP contribution in [0, 0.1) is 5.92 Å². The van der Waals surface area contributed by atoms with Gasteiger partial charge in [-0.15, -0.1) is 0 Å². The van der Waals surface area contributed by atoms with Crippen molar-refractivity contribution in [2.24, 2.45) is 5.92 Å². The van der Waals surface area contributed by atoms with Crippen LogP contribution >= 0.6 is 0 Å². The van der Waals surface area contributed by atoms with Crippen LogP contribution in [0.2, 0.25) is 0 Å². The second kappa shape index (κ2) is 9.29. The third kappa shape index (κ3) is 3.89. The predicted octanol–water partition coefficient (Wildman–Crippen LogP) is 3.85. The van der Waals surface area contributed by atoms with Gasteiger partial charge in [0.25, 0.3) is 11.8 Å². The van der Waals surface area contributed by atoms with Gasteiger partial charge in [0.15, 0.2) is 0 Å². The van der Waals surface area contributed by atoms with E-state index in [1.165, 1.54) is 32.1 Å². The predicted molar refractivity (Wildman–Crippen MR) is 115 cm³/mol. The molecule has 1 saturated carbocycles. The fourth-order valence-corrected chi connectivity index (χ4v) is 5.80. The highest BCUT2D eigenvalue weighted by Crippen LogP contribution is 2.41. The molecule has 1 aromatic rings. The van der Waals surface area contributed by atoms with E-state index in [1.54, 1.807) is 0 Å². The van der Waals surface area contributed by atoms with Gasteiger partial charge in [0.1, 0.15) is 0 Å². The Balaban J connectivity index is 1.82. The highest BCUT2D eigenvalue weighted by Gasteiger charge is 2.58. The Hall–Kier alpha value is -2.21. The van der Waals surface area contributed by atoms with Gasteiger partial charge < -0.3 is 0 Å². The highest BCUT2D eigenvalue weighted by atomic mass is 16.2. The molecule has 2 aliphatic heterocycles. The van der Waals surface area contributed by atoms with Crippen LogP contribution in [-0.4, -0.2) is 35.3 Å². The summed E-state index contributed by atoms with van der Waals surface area (Å²) in [6, 6.07) is 8.74. The minimum absolute atomic E-state index is 0.168. The van der Waals surface area contributed by atoms with Crippen LogP contribution < -0.4 is 10.6 Å². The monoisotopic (exact) mass is 411 g/mol. The van der Waals surface area contributed by atoms with Crippen LogP contribution in [-0.2, 0) is 15.1 Å². The van der Waals surface area contributed by atoms with Gasteiger partial charge >= 0.3 is 6.03 Å². The summed E-state index contributed by atoms with van der Waals surface area (Å²) >= 11 is 0. The molecule has 4 amide bonds. The van der Waals surface area contributed by atoms with Crippen molar-refractivity contribution >= 4 is 17.8 Å². The van der Waals surface area contributed by atoms with Crippen LogP contribution in [0.1, 0.15) is 76.2 Å². The number of fused-ring (bicyclic) bond motifs is 1. The molecule has 0 spiro atoms. The quantitative estimate of drug-likeness (QED) is 0.725. The molecule has 6 nitrogen and oxygen atoms in total. The standard InChI is InChI=1S/C24H33N3O3/c28-21-24(19-14-7-5-8-15-19,22(29)26-23(30)25-21)27-17-11-4-2-1-3-6-12-18-13-9-10-16-20(18)27/h5,7-8,14-15,18,20H,1-4,6,9-13,16-17H2,(H2,25,26,28,29,30). The molecule has 3 aliphatic rings. The van der Waals surface area contributed by atoms with Crippen molar-refractivity contribution in [3.8, 4) is 0 Å². The van der Waals surface area contributed by atoms with E-state index in [1.807, 2.05) is 30.3 Å². The van der Waals surface area contributed by atoms with E-state index in [2.05, 4.69) is 15.5 Å². The summed E-state index contributed by atoms with van der Waals surface area (Å²) < 4.78 is 0. The molecule has 0 aromatic heterocycles. The molecule has 2 saturated heterocycles. The number of hydrogen-bond acceptors (Lipinski definition) is 4. The van der Waals surface area contributed by atoms with E-state index in [0.717, 1.165) is 38.5 Å². The van der Waals surface area contributed by atoms with Gasteiger partial charge in [-0.25, -0.2) is 4.79 Å². The molecule has 2 heterocycles. The molecular weight excluding hydrogens is 378 g/mol. The van der Waals surface area contributed by atoms with Gasteiger partial charge in [-0.05, 0) is 37.2 Å². The van der Waals surface area contributed by atoms with E-state index in [4.69, 9.17) is 0 Å². The third-order valence-corrected chi connectivity index (χ3v) is 7.23. The van der Waals surface area contributed by atoms with Gasteiger partial charge in [-0.1, -0.05) is 75.3 Å². The zero-order valence-electron chi connectivity index (χ0n) is 17.7. The van der Waals surface area contributed by atoms with E-state index in [9.17, 15) is 14.4 Å². The largest absolute Gasteiger partial charge is 0.328 e. The van der Waals surface area contributed by atoms with Crippen molar-refractivity contribution in [2.45, 2.75) is 82.2 Å². The van der Waals surface area contributed by atoms with Crippen LogP contribution in [0.4, 0.5) is 4.79 Å². The van der Waals surface area contributed by atoms with Crippen LogP contribution in [0.15, 0.2) is 30.3 Å². The zero-order valence-corrected chi connectivity index (χ0v) is 17.7. The number of urea groups is 1. The number of nitrogens with one attached hydrogen (secondary N) is 2. The molecule has 0 bridgehead atoms. The molecule has 3 fully saturated rings.